The van der Waals surface area contributed by atoms with Gasteiger partial charge >= 0.3 is 0 Å². The highest BCUT2D eigenvalue weighted by Gasteiger charge is 2.37. The molecule has 0 radical (unpaired) electrons. The van der Waals surface area contributed by atoms with E-state index >= 15 is 0 Å². The fraction of sp³-hybridized carbons (Fsp3) is 1.00. The lowest BCUT2D eigenvalue weighted by Gasteiger charge is -2.17. The zero-order valence-electron chi connectivity index (χ0n) is 13.9. The van der Waals surface area contributed by atoms with Gasteiger partial charge in [0.15, 0.2) is 9.84 Å². The molecule has 1 aliphatic rings. The summed E-state index contributed by atoms with van der Waals surface area (Å²) in [6.07, 6.45) is 3.04. The predicted octanol–water partition coefficient (Wildman–Crippen LogP) is 2.69. The minimum Gasteiger partial charge on any atom is -0.229 e. The highest BCUT2D eigenvalue weighted by atomic mass is 32.2. The molecule has 6 heteroatoms. The van der Waals surface area contributed by atoms with E-state index in [0.717, 1.165) is 12.8 Å². The van der Waals surface area contributed by atoms with Crippen LogP contribution in [-0.2, 0) is 19.7 Å². The lowest BCUT2D eigenvalue weighted by Crippen LogP contribution is -2.23. The molecule has 1 fully saturated rings. The molecule has 0 amide bonds. The maximum absolute atomic E-state index is 11.4. The van der Waals surface area contributed by atoms with Crippen molar-refractivity contribution in [3.8, 4) is 0 Å². The monoisotopic (exact) mass is 326 g/mol. The van der Waals surface area contributed by atoms with Crippen LogP contribution in [-0.4, -0.2) is 39.8 Å². The summed E-state index contributed by atoms with van der Waals surface area (Å²) in [5, 5.41) is 0.00160. The molecular weight excluding hydrogens is 296 g/mol. The third-order valence-corrected chi connectivity index (χ3v) is 6.51. The van der Waals surface area contributed by atoms with Crippen molar-refractivity contribution in [2.24, 2.45) is 10.8 Å². The van der Waals surface area contributed by atoms with E-state index in [4.69, 9.17) is 0 Å². The zero-order valence-corrected chi connectivity index (χ0v) is 15.5. The Morgan fingerprint density at radius 3 is 1.30 bits per heavy atom. The van der Waals surface area contributed by atoms with Crippen molar-refractivity contribution in [3.63, 3.8) is 0 Å². The van der Waals surface area contributed by atoms with Gasteiger partial charge in [-0.3, -0.25) is 0 Å². The minimum absolute atomic E-state index is 0.00160. The summed E-state index contributed by atoms with van der Waals surface area (Å²) in [7, 11) is -5.53. The van der Waals surface area contributed by atoms with Crippen LogP contribution in [0.2, 0.25) is 0 Å². The number of sulfone groups is 2. The van der Waals surface area contributed by atoms with Crippen LogP contribution < -0.4 is 0 Å². The summed E-state index contributed by atoms with van der Waals surface area (Å²) in [4.78, 5) is 0. The smallest absolute Gasteiger partial charge is 0.153 e. The Hall–Kier alpha value is -0.100. The third-order valence-electron chi connectivity index (χ3n) is 2.36. The quantitative estimate of drug-likeness (QED) is 0.799. The van der Waals surface area contributed by atoms with Gasteiger partial charge in [-0.1, -0.05) is 41.5 Å². The number of hydrogen-bond donors (Lipinski definition) is 0. The molecule has 0 unspecified atom stereocenters. The van der Waals surface area contributed by atoms with Gasteiger partial charge in [0.2, 0.25) is 0 Å². The van der Waals surface area contributed by atoms with E-state index < -0.39 is 19.7 Å². The first-order valence-corrected chi connectivity index (χ1v) is 10.7. The molecule has 0 aromatic heterocycles. The van der Waals surface area contributed by atoms with Gasteiger partial charge in [0.1, 0.15) is 9.84 Å². The van der Waals surface area contributed by atoms with Crippen molar-refractivity contribution in [3.05, 3.63) is 0 Å². The van der Waals surface area contributed by atoms with E-state index in [1.807, 2.05) is 41.5 Å². The lowest BCUT2D eigenvalue weighted by molar-refractivity contribution is 0.461. The lowest BCUT2D eigenvalue weighted by atomic mass is 10.0. The first-order chi connectivity index (χ1) is 8.52. The van der Waals surface area contributed by atoms with E-state index in [1.54, 1.807) is 0 Å². The summed E-state index contributed by atoms with van der Waals surface area (Å²) in [5.41, 5.74) is -0.186. The summed E-state index contributed by atoms with van der Waals surface area (Å²) in [5.74, 6) is 0.602. The standard InChI is InChI=1S/C8H16O2S.C6H14O2S/c1-8(2,3)6-11(9,10)7-4-5-7;1-6(2,3)5-9(4,7)8/h7H,4-6H2,1-3H3;5H2,1-4H3. The van der Waals surface area contributed by atoms with Crippen LogP contribution in [0.25, 0.3) is 0 Å². The molecule has 0 bridgehead atoms. The molecule has 1 aliphatic carbocycles. The Bertz CT molecular complexity index is 498. The molecule has 0 saturated heterocycles. The van der Waals surface area contributed by atoms with Gasteiger partial charge < -0.3 is 0 Å². The largest absolute Gasteiger partial charge is 0.229 e. The molecular formula is C14H30O4S2. The van der Waals surface area contributed by atoms with Crippen LogP contribution in [0.3, 0.4) is 0 Å². The van der Waals surface area contributed by atoms with Gasteiger partial charge in [-0.25, -0.2) is 16.8 Å². The van der Waals surface area contributed by atoms with Crippen molar-refractivity contribution in [2.75, 3.05) is 17.8 Å². The predicted molar refractivity (Wildman–Crippen MR) is 85.4 cm³/mol. The first-order valence-electron chi connectivity index (χ1n) is 6.91. The van der Waals surface area contributed by atoms with Crippen LogP contribution in [0, 0.1) is 10.8 Å². The topological polar surface area (TPSA) is 68.3 Å². The summed E-state index contributed by atoms with van der Waals surface area (Å²) < 4.78 is 44.1. The minimum atomic E-state index is -2.78. The van der Waals surface area contributed by atoms with Crippen molar-refractivity contribution >= 4 is 19.7 Å². The average Bonchev–Trinajstić information content (AvgIpc) is 2.70. The normalized spacial score (nSPS) is 17.4. The van der Waals surface area contributed by atoms with Gasteiger partial charge in [0, 0.05) is 6.26 Å². The molecule has 0 aromatic rings. The van der Waals surface area contributed by atoms with Crippen LogP contribution in [0.15, 0.2) is 0 Å². The van der Waals surface area contributed by atoms with Gasteiger partial charge in [-0.15, -0.1) is 0 Å². The molecule has 0 atom stereocenters. The van der Waals surface area contributed by atoms with Gasteiger partial charge in [0.25, 0.3) is 0 Å². The van der Waals surface area contributed by atoms with Crippen molar-refractivity contribution in [1.82, 2.24) is 0 Å². The molecule has 1 rings (SSSR count). The van der Waals surface area contributed by atoms with E-state index in [9.17, 15) is 16.8 Å². The van der Waals surface area contributed by atoms with Crippen LogP contribution in [0.1, 0.15) is 54.4 Å². The highest BCUT2D eigenvalue weighted by molar-refractivity contribution is 7.92. The fourth-order valence-corrected chi connectivity index (χ4v) is 5.81. The Kier molecular flexibility index (Phi) is 6.31. The second kappa shape index (κ2) is 6.34. The average molecular weight is 327 g/mol. The van der Waals surface area contributed by atoms with E-state index in [2.05, 4.69) is 0 Å². The third kappa shape index (κ3) is 11.7. The Labute approximate surface area is 125 Å². The van der Waals surface area contributed by atoms with Crippen LogP contribution in [0.5, 0.6) is 0 Å². The Morgan fingerprint density at radius 1 is 0.800 bits per heavy atom. The maximum Gasteiger partial charge on any atom is 0.153 e. The van der Waals surface area contributed by atoms with E-state index in [0.29, 0.717) is 5.75 Å². The first kappa shape index (κ1) is 19.9. The molecule has 1 saturated carbocycles. The summed E-state index contributed by atoms with van der Waals surface area (Å²) >= 11 is 0. The second-order valence-electron chi connectivity index (χ2n) is 8.20. The van der Waals surface area contributed by atoms with Gasteiger partial charge in [-0.05, 0) is 23.7 Å². The molecule has 0 spiro atoms. The molecule has 4 nitrogen and oxygen atoms in total. The molecule has 0 aromatic carbocycles. The van der Waals surface area contributed by atoms with Crippen molar-refractivity contribution in [1.29, 1.82) is 0 Å². The fourth-order valence-electron chi connectivity index (χ4n) is 1.94. The van der Waals surface area contributed by atoms with Crippen LogP contribution >= 0.6 is 0 Å². The van der Waals surface area contributed by atoms with Gasteiger partial charge in [-0.2, -0.15) is 0 Å². The summed E-state index contributed by atoms with van der Waals surface area (Å²) in [6, 6.07) is 0. The number of rotatable bonds is 3. The second-order valence-corrected chi connectivity index (χ2v) is 12.6. The highest BCUT2D eigenvalue weighted by Crippen LogP contribution is 2.32. The number of hydrogen-bond acceptors (Lipinski definition) is 4. The molecule has 122 valence electrons. The molecule has 0 heterocycles. The van der Waals surface area contributed by atoms with Crippen molar-refractivity contribution < 1.29 is 16.8 Å². The SMILES string of the molecule is CC(C)(C)CS(=O)(=O)C1CC1.CC(C)(C)CS(C)(=O)=O. The van der Waals surface area contributed by atoms with E-state index in [-0.39, 0.29) is 21.8 Å². The van der Waals surface area contributed by atoms with Crippen molar-refractivity contribution in [2.45, 2.75) is 59.6 Å². The zero-order chi connectivity index (χ0) is 16.4. The summed E-state index contributed by atoms with van der Waals surface area (Å²) in [6.45, 7) is 11.6. The Morgan fingerprint density at radius 2 is 1.15 bits per heavy atom. The molecule has 0 aliphatic heterocycles. The van der Waals surface area contributed by atoms with E-state index in [1.165, 1.54) is 6.26 Å². The Balaban J connectivity index is 0.000000370. The van der Waals surface area contributed by atoms with Gasteiger partial charge in [0.05, 0.1) is 16.8 Å². The molecule has 0 N–H and O–H groups in total. The maximum atomic E-state index is 11.4. The van der Waals surface area contributed by atoms with Crippen LogP contribution in [0.4, 0.5) is 0 Å². The molecule has 20 heavy (non-hydrogen) atoms.